The molecule has 6 nitrogen and oxygen atoms in total. The second-order valence-corrected chi connectivity index (χ2v) is 7.13. The number of hydrogen-bond acceptors (Lipinski definition) is 6. The number of halogens is 1. The van der Waals surface area contributed by atoms with Gasteiger partial charge in [-0.15, -0.1) is 0 Å². The number of hydrogen-bond donors (Lipinski definition) is 2. The molecule has 0 bridgehead atoms. The Bertz CT molecular complexity index is 906. The molecule has 30 heavy (non-hydrogen) atoms. The topological polar surface area (TPSA) is 64.6 Å². The molecule has 1 aromatic heterocycles. The van der Waals surface area contributed by atoms with Gasteiger partial charge in [-0.2, -0.15) is 0 Å². The first kappa shape index (κ1) is 22.3. The van der Waals surface area contributed by atoms with E-state index in [1.807, 2.05) is 36.4 Å². The van der Waals surface area contributed by atoms with Crippen molar-refractivity contribution in [2.45, 2.75) is 6.54 Å². The predicted octanol–water partition coefficient (Wildman–Crippen LogP) is 4.13. The van der Waals surface area contributed by atoms with Crippen molar-refractivity contribution in [1.29, 1.82) is 0 Å². The minimum absolute atomic E-state index is 0.576. The third kappa shape index (κ3) is 7.15. The summed E-state index contributed by atoms with van der Waals surface area (Å²) < 4.78 is 16.4. The largest absolute Gasteiger partial charge is 0.497 e. The molecule has 0 aliphatic heterocycles. The van der Waals surface area contributed by atoms with Crippen LogP contribution in [0.3, 0.4) is 0 Å². The minimum Gasteiger partial charge on any atom is -0.497 e. The van der Waals surface area contributed by atoms with Crippen molar-refractivity contribution < 1.29 is 14.2 Å². The number of anilines is 1. The standard InChI is InChI=1S/C23H28ClN3O3/c1-28-20-5-2-18(3-6-20)17-25-10-12-29-14-15-30-13-11-27-22-8-9-26-23-16-19(24)4-7-21(22)23/h2-9,16,25H,10-15,17H2,1H3,(H,26,27). The SMILES string of the molecule is COc1ccc(CNCCOCCOCCNc2ccnc3cc(Cl)ccc23)cc1. The average Bonchev–Trinajstić information content (AvgIpc) is 2.77. The molecule has 3 rings (SSSR count). The van der Waals surface area contributed by atoms with Crippen LogP contribution in [-0.4, -0.2) is 51.6 Å². The quantitative estimate of drug-likeness (QED) is 0.398. The molecule has 0 atom stereocenters. The number of fused-ring (bicyclic) bond motifs is 1. The maximum atomic E-state index is 6.02. The van der Waals surface area contributed by atoms with E-state index in [-0.39, 0.29) is 0 Å². The average molecular weight is 430 g/mol. The third-order valence-electron chi connectivity index (χ3n) is 4.55. The van der Waals surface area contributed by atoms with Gasteiger partial charge in [0.05, 0.1) is 39.1 Å². The van der Waals surface area contributed by atoms with Gasteiger partial charge in [-0.25, -0.2) is 0 Å². The molecular formula is C23H28ClN3O3. The molecule has 0 unspecified atom stereocenters. The van der Waals surface area contributed by atoms with E-state index >= 15 is 0 Å². The van der Waals surface area contributed by atoms with Crippen LogP contribution in [0.15, 0.2) is 54.7 Å². The van der Waals surface area contributed by atoms with Gasteiger partial charge in [0.25, 0.3) is 0 Å². The Labute approximate surface area is 182 Å². The number of rotatable bonds is 13. The maximum Gasteiger partial charge on any atom is 0.118 e. The highest BCUT2D eigenvalue weighted by Crippen LogP contribution is 2.24. The number of pyridine rings is 1. The summed E-state index contributed by atoms with van der Waals surface area (Å²) in [7, 11) is 1.67. The molecule has 0 saturated carbocycles. The Morgan fingerprint density at radius 2 is 1.67 bits per heavy atom. The first-order chi connectivity index (χ1) is 14.8. The Hall–Kier alpha value is -2.38. The number of benzene rings is 2. The van der Waals surface area contributed by atoms with Crippen LogP contribution < -0.4 is 15.4 Å². The smallest absolute Gasteiger partial charge is 0.118 e. The maximum absolute atomic E-state index is 6.02. The summed E-state index contributed by atoms with van der Waals surface area (Å²) in [5, 5.41) is 8.47. The zero-order valence-corrected chi connectivity index (χ0v) is 18.0. The van der Waals surface area contributed by atoms with Crippen molar-refractivity contribution in [3.05, 3.63) is 65.3 Å². The van der Waals surface area contributed by atoms with Crippen LogP contribution >= 0.6 is 11.6 Å². The molecule has 0 aliphatic rings. The lowest BCUT2D eigenvalue weighted by Gasteiger charge is -2.10. The Morgan fingerprint density at radius 1 is 0.900 bits per heavy atom. The van der Waals surface area contributed by atoms with Gasteiger partial charge >= 0.3 is 0 Å². The molecule has 0 aliphatic carbocycles. The van der Waals surface area contributed by atoms with Gasteiger partial charge in [0.15, 0.2) is 0 Å². The van der Waals surface area contributed by atoms with Gasteiger partial charge in [-0.05, 0) is 42.0 Å². The Morgan fingerprint density at radius 3 is 2.43 bits per heavy atom. The highest BCUT2D eigenvalue weighted by atomic mass is 35.5. The Kier molecular flexibility index (Phi) is 9.18. The summed E-state index contributed by atoms with van der Waals surface area (Å²) in [5.74, 6) is 0.872. The summed E-state index contributed by atoms with van der Waals surface area (Å²) in [6.45, 7) is 4.75. The predicted molar refractivity (Wildman–Crippen MR) is 122 cm³/mol. The van der Waals surface area contributed by atoms with Crippen LogP contribution in [0.5, 0.6) is 5.75 Å². The van der Waals surface area contributed by atoms with Crippen molar-refractivity contribution >= 4 is 28.2 Å². The van der Waals surface area contributed by atoms with Crippen molar-refractivity contribution in [3.63, 3.8) is 0 Å². The molecule has 2 aromatic carbocycles. The van der Waals surface area contributed by atoms with Crippen molar-refractivity contribution in [2.75, 3.05) is 51.9 Å². The lowest BCUT2D eigenvalue weighted by atomic mass is 10.2. The van der Waals surface area contributed by atoms with Gasteiger partial charge in [0, 0.05) is 41.9 Å². The number of nitrogens with one attached hydrogen (secondary N) is 2. The summed E-state index contributed by atoms with van der Waals surface area (Å²) >= 11 is 6.02. The van der Waals surface area contributed by atoms with E-state index in [4.69, 9.17) is 25.8 Å². The lowest BCUT2D eigenvalue weighted by molar-refractivity contribution is 0.0527. The number of methoxy groups -OCH3 is 1. The summed E-state index contributed by atoms with van der Waals surface area (Å²) in [6, 6.07) is 15.7. The van der Waals surface area contributed by atoms with E-state index in [0.717, 1.165) is 35.4 Å². The number of ether oxygens (including phenoxy) is 3. The highest BCUT2D eigenvalue weighted by molar-refractivity contribution is 6.31. The van der Waals surface area contributed by atoms with Gasteiger partial charge in [-0.3, -0.25) is 4.98 Å². The molecule has 0 amide bonds. The normalized spacial score (nSPS) is 11.0. The van der Waals surface area contributed by atoms with E-state index in [9.17, 15) is 0 Å². The monoisotopic (exact) mass is 429 g/mol. The molecule has 0 fully saturated rings. The molecule has 3 aromatic rings. The fourth-order valence-corrected chi connectivity index (χ4v) is 3.14. The molecule has 0 saturated heterocycles. The van der Waals surface area contributed by atoms with Gasteiger partial charge in [-0.1, -0.05) is 23.7 Å². The van der Waals surface area contributed by atoms with Crippen LogP contribution in [0.4, 0.5) is 5.69 Å². The fourth-order valence-electron chi connectivity index (χ4n) is 2.98. The lowest BCUT2D eigenvalue weighted by Crippen LogP contribution is -2.20. The van der Waals surface area contributed by atoms with Gasteiger partial charge in [0.2, 0.25) is 0 Å². The zero-order valence-electron chi connectivity index (χ0n) is 17.2. The molecule has 0 radical (unpaired) electrons. The van der Waals surface area contributed by atoms with E-state index < -0.39 is 0 Å². The van der Waals surface area contributed by atoms with Crippen molar-refractivity contribution in [1.82, 2.24) is 10.3 Å². The minimum atomic E-state index is 0.576. The second-order valence-electron chi connectivity index (χ2n) is 6.70. The third-order valence-corrected chi connectivity index (χ3v) is 4.79. The molecule has 1 heterocycles. The highest BCUT2D eigenvalue weighted by Gasteiger charge is 2.02. The second kappa shape index (κ2) is 12.3. The van der Waals surface area contributed by atoms with Crippen LogP contribution in [-0.2, 0) is 16.0 Å². The molecular weight excluding hydrogens is 402 g/mol. The van der Waals surface area contributed by atoms with Crippen LogP contribution in [0, 0.1) is 0 Å². The van der Waals surface area contributed by atoms with E-state index in [1.54, 1.807) is 13.3 Å². The summed E-state index contributed by atoms with van der Waals surface area (Å²) in [6.07, 6.45) is 1.78. The molecule has 0 spiro atoms. The summed E-state index contributed by atoms with van der Waals surface area (Å²) in [5.41, 5.74) is 3.12. The van der Waals surface area contributed by atoms with Crippen molar-refractivity contribution in [3.8, 4) is 5.75 Å². The molecule has 7 heteroatoms. The first-order valence-electron chi connectivity index (χ1n) is 10.0. The van der Waals surface area contributed by atoms with Gasteiger partial charge in [0.1, 0.15) is 5.75 Å². The van der Waals surface area contributed by atoms with E-state index in [1.165, 1.54) is 5.56 Å². The zero-order chi connectivity index (χ0) is 21.0. The van der Waals surface area contributed by atoms with E-state index in [0.29, 0.717) is 38.0 Å². The summed E-state index contributed by atoms with van der Waals surface area (Å²) in [4.78, 5) is 4.34. The fraction of sp³-hybridized carbons (Fsp3) is 0.348. The van der Waals surface area contributed by atoms with Crippen LogP contribution in [0.25, 0.3) is 10.9 Å². The number of aromatic nitrogens is 1. The molecule has 2 N–H and O–H groups in total. The number of nitrogens with zero attached hydrogens (tertiary/aromatic N) is 1. The Balaban J connectivity index is 1.20. The first-order valence-corrected chi connectivity index (χ1v) is 10.4. The van der Waals surface area contributed by atoms with Crippen molar-refractivity contribution in [2.24, 2.45) is 0 Å². The molecule has 160 valence electrons. The van der Waals surface area contributed by atoms with E-state index in [2.05, 4.69) is 27.8 Å². The van der Waals surface area contributed by atoms with Gasteiger partial charge < -0.3 is 24.8 Å². The van der Waals surface area contributed by atoms with Crippen LogP contribution in [0.1, 0.15) is 5.56 Å². The van der Waals surface area contributed by atoms with Crippen LogP contribution in [0.2, 0.25) is 5.02 Å².